The van der Waals surface area contributed by atoms with Gasteiger partial charge in [0.15, 0.2) is 0 Å². The molecule has 6 nitrogen and oxygen atoms in total. The van der Waals surface area contributed by atoms with Gasteiger partial charge < -0.3 is 10.2 Å². The highest BCUT2D eigenvalue weighted by Gasteiger charge is 2.36. The van der Waals surface area contributed by atoms with E-state index in [0.29, 0.717) is 6.54 Å². The monoisotopic (exact) mass is 265 g/mol. The average Bonchev–Trinajstić information content (AvgIpc) is 3.05. The summed E-state index contributed by atoms with van der Waals surface area (Å²) in [6.45, 7) is 2.64. The topological polar surface area (TPSA) is 73.9 Å². The zero-order valence-corrected chi connectivity index (χ0v) is 12.0. The first kappa shape index (κ1) is 14.0. The van der Waals surface area contributed by atoms with Crippen LogP contribution in [-0.4, -0.2) is 52.2 Å². The summed E-state index contributed by atoms with van der Waals surface area (Å²) < 4.78 is 0. The van der Waals surface area contributed by atoms with E-state index in [1.54, 1.807) is 0 Å². The summed E-state index contributed by atoms with van der Waals surface area (Å²) >= 11 is 0. The summed E-state index contributed by atoms with van der Waals surface area (Å²) in [5.41, 5.74) is 0.0968. The lowest BCUT2D eigenvalue weighted by Crippen LogP contribution is -2.50. The number of amides is 1. The maximum Gasteiger partial charge on any atom is 0.291 e. The Morgan fingerprint density at radius 3 is 2.63 bits per heavy atom. The predicted molar refractivity (Wildman–Crippen MR) is 73.0 cm³/mol. The SMILES string of the molecule is CCc1nc(C(=O)NCC2(N(C)C)CCCC2)n[nH]1. The maximum absolute atomic E-state index is 12.0. The molecule has 2 N–H and O–H groups in total. The van der Waals surface area contributed by atoms with Gasteiger partial charge in [0, 0.05) is 18.5 Å². The molecule has 0 aromatic carbocycles. The van der Waals surface area contributed by atoms with E-state index >= 15 is 0 Å². The number of carbonyl (C=O) groups excluding carboxylic acids is 1. The fraction of sp³-hybridized carbons (Fsp3) is 0.769. The highest BCUT2D eigenvalue weighted by atomic mass is 16.2. The number of carbonyl (C=O) groups is 1. The second-order valence-electron chi connectivity index (χ2n) is 5.47. The second-order valence-corrected chi connectivity index (χ2v) is 5.47. The van der Waals surface area contributed by atoms with Crippen LogP contribution in [0.15, 0.2) is 0 Å². The Hall–Kier alpha value is -1.43. The molecule has 1 heterocycles. The minimum Gasteiger partial charge on any atom is -0.347 e. The van der Waals surface area contributed by atoms with Gasteiger partial charge in [-0.05, 0) is 26.9 Å². The fourth-order valence-electron chi connectivity index (χ4n) is 2.69. The molecule has 19 heavy (non-hydrogen) atoms. The van der Waals surface area contributed by atoms with Gasteiger partial charge in [0.1, 0.15) is 5.82 Å². The Balaban J connectivity index is 1.95. The number of hydrogen-bond donors (Lipinski definition) is 2. The summed E-state index contributed by atoms with van der Waals surface area (Å²) in [5.74, 6) is 0.793. The Kier molecular flexibility index (Phi) is 4.19. The molecule has 1 aliphatic rings. The number of aryl methyl sites for hydroxylation is 1. The van der Waals surface area contributed by atoms with E-state index in [9.17, 15) is 4.79 Å². The molecule has 0 aliphatic heterocycles. The summed E-state index contributed by atoms with van der Waals surface area (Å²) in [6, 6.07) is 0. The molecular formula is C13H23N5O. The molecule has 0 radical (unpaired) electrons. The molecule has 1 aliphatic carbocycles. The number of hydrogen-bond acceptors (Lipinski definition) is 4. The van der Waals surface area contributed by atoms with Crippen LogP contribution in [-0.2, 0) is 6.42 Å². The molecule has 106 valence electrons. The predicted octanol–water partition coefficient (Wildman–Crippen LogP) is 0.971. The molecule has 1 fully saturated rings. The van der Waals surface area contributed by atoms with Gasteiger partial charge in [0.2, 0.25) is 5.82 Å². The maximum atomic E-state index is 12.0. The third kappa shape index (κ3) is 2.94. The zero-order chi connectivity index (χ0) is 13.9. The smallest absolute Gasteiger partial charge is 0.291 e. The molecule has 1 aromatic heterocycles. The lowest BCUT2D eigenvalue weighted by Gasteiger charge is -2.36. The van der Waals surface area contributed by atoms with Crippen LogP contribution in [0.4, 0.5) is 0 Å². The standard InChI is InChI=1S/C13H23N5O/c1-4-10-15-11(17-16-10)12(19)14-9-13(18(2)3)7-5-6-8-13/h4-9H2,1-3H3,(H,14,19)(H,15,16,17). The van der Waals surface area contributed by atoms with Crippen LogP contribution in [0.3, 0.4) is 0 Å². The van der Waals surface area contributed by atoms with E-state index in [4.69, 9.17) is 0 Å². The third-order valence-corrected chi connectivity index (χ3v) is 4.13. The zero-order valence-electron chi connectivity index (χ0n) is 12.0. The number of nitrogens with one attached hydrogen (secondary N) is 2. The highest BCUT2D eigenvalue weighted by Crippen LogP contribution is 2.33. The number of H-pyrrole nitrogens is 1. The molecule has 6 heteroatoms. The van der Waals surface area contributed by atoms with Crippen molar-refractivity contribution in [3.05, 3.63) is 11.6 Å². The first-order valence-electron chi connectivity index (χ1n) is 6.94. The van der Waals surface area contributed by atoms with E-state index in [1.807, 2.05) is 6.92 Å². The van der Waals surface area contributed by atoms with E-state index in [1.165, 1.54) is 12.8 Å². The molecule has 1 saturated carbocycles. The fourth-order valence-corrected chi connectivity index (χ4v) is 2.69. The van der Waals surface area contributed by atoms with Crippen LogP contribution >= 0.6 is 0 Å². The number of likely N-dealkylation sites (N-methyl/N-ethyl adjacent to an activating group) is 1. The van der Waals surface area contributed by atoms with Gasteiger partial charge in [-0.2, -0.15) is 0 Å². The number of aromatic amines is 1. The van der Waals surface area contributed by atoms with Crippen LogP contribution < -0.4 is 5.32 Å². The minimum atomic E-state index is -0.191. The first-order chi connectivity index (χ1) is 9.07. The molecule has 0 saturated heterocycles. The van der Waals surface area contributed by atoms with E-state index in [-0.39, 0.29) is 17.3 Å². The van der Waals surface area contributed by atoms with E-state index in [0.717, 1.165) is 25.1 Å². The highest BCUT2D eigenvalue weighted by molar-refractivity contribution is 5.90. The van der Waals surface area contributed by atoms with Gasteiger partial charge in [0.05, 0.1) is 0 Å². The number of rotatable bonds is 5. The van der Waals surface area contributed by atoms with Gasteiger partial charge in [-0.15, -0.1) is 5.10 Å². The lowest BCUT2D eigenvalue weighted by atomic mass is 9.96. The van der Waals surface area contributed by atoms with E-state index < -0.39 is 0 Å². The molecule has 0 atom stereocenters. The van der Waals surface area contributed by atoms with Crippen molar-refractivity contribution in [3.8, 4) is 0 Å². The summed E-state index contributed by atoms with van der Waals surface area (Å²) in [6.07, 6.45) is 5.48. The van der Waals surface area contributed by atoms with Crippen LogP contribution in [0, 0.1) is 0 Å². The van der Waals surface area contributed by atoms with Crippen molar-refractivity contribution >= 4 is 5.91 Å². The normalized spacial score (nSPS) is 17.9. The van der Waals surface area contributed by atoms with Crippen molar-refractivity contribution in [2.24, 2.45) is 0 Å². The van der Waals surface area contributed by atoms with Gasteiger partial charge in [-0.3, -0.25) is 9.89 Å². The third-order valence-electron chi connectivity index (χ3n) is 4.13. The Morgan fingerprint density at radius 1 is 1.42 bits per heavy atom. The number of aromatic nitrogens is 3. The average molecular weight is 265 g/mol. The van der Waals surface area contributed by atoms with Gasteiger partial charge in [0.25, 0.3) is 5.91 Å². The van der Waals surface area contributed by atoms with Gasteiger partial charge in [-0.1, -0.05) is 19.8 Å². The Labute approximate surface area is 114 Å². The lowest BCUT2D eigenvalue weighted by molar-refractivity contribution is 0.0890. The summed E-state index contributed by atoms with van der Waals surface area (Å²) in [7, 11) is 4.17. The quantitative estimate of drug-likeness (QED) is 0.832. The van der Waals surface area contributed by atoms with E-state index in [2.05, 4.69) is 39.5 Å². The van der Waals surface area contributed by atoms with Crippen molar-refractivity contribution < 1.29 is 4.79 Å². The first-order valence-corrected chi connectivity index (χ1v) is 6.94. The van der Waals surface area contributed by atoms with Crippen molar-refractivity contribution in [1.29, 1.82) is 0 Å². The number of nitrogens with zero attached hydrogens (tertiary/aromatic N) is 3. The van der Waals surface area contributed by atoms with Crippen molar-refractivity contribution in [2.45, 2.75) is 44.6 Å². The largest absolute Gasteiger partial charge is 0.347 e. The minimum absolute atomic E-state index is 0.0968. The van der Waals surface area contributed by atoms with Crippen LogP contribution in [0.2, 0.25) is 0 Å². The van der Waals surface area contributed by atoms with Crippen LogP contribution in [0.5, 0.6) is 0 Å². The van der Waals surface area contributed by atoms with Gasteiger partial charge >= 0.3 is 0 Å². The Morgan fingerprint density at radius 2 is 2.11 bits per heavy atom. The van der Waals surface area contributed by atoms with Gasteiger partial charge in [-0.25, -0.2) is 4.98 Å². The molecule has 1 amide bonds. The van der Waals surface area contributed by atoms with Crippen LogP contribution in [0.25, 0.3) is 0 Å². The Bertz CT molecular complexity index is 434. The van der Waals surface area contributed by atoms with Crippen molar-refractivity contribution in [2.75, 3.05) is 20.6 Å². The molecule has 0 unspecified atom stereocenters. The summed E-state index contributed by atoms with van der Waals surface area (Å²) in [4.78, 5) is 18.4. The molecule has 0 bridgehead atoms. The second kappa shape index (κ2) is 5.69. The summed E-state index contributed by atoms with van der Waals surface area (Å²) in [5, 5.41) is 9.68. The van der Waals surface area contributed by atoms with Crippen molar-refractivity contribution in [3.63, 3.8) is 0 Å². The molecule has 2 rings (SSSR count). The van der Waals surface area contributed by atoms with Crippen LogP contribution in [0.1, 0.15) is 49.1 Å². The molecular weight excluding hydrogens is 242 g/mol. The molecule has 1 aromatic rings. The van der Waals surface area contributed by atoms with Crippen molar-refractivity contribution in [1.82, 2.24) is 25.4 Å². The molecule has 0 spiro atoms.